The van der Waals surface area contributed by atoms with Crippen LogP contribution >= 0.6 is 0 Å². The third kappa shape index (κ3) is 3.24. The van der Waals surface area contributed by atoms with E-state index in [9.17, 15) is 10.5 Å². The van der Waals surface area contributed by atoms with Crippen LogP contribution in [0, 0.1) is 29.2 Å². The highest BCUT2D eigenvalue weighted by Crippen LogP contribution is 2.45. The molecule has 6 heteroatoms. The normalized spacial score (nSPS) is 11.5. The Balaban J connectivity index is 1.45. The van der Waals surface area contributed by atoms with Crippen LogP contribution in [0.1, 0.15) is 11.1 Å². The van der Waals surface area contributed by atoms with Gasteiger partial charge in [-0.05, 0) is 60.7 Å². The average Bonchev–Trinajstić information content (AvgIpc) is 3.75. The van der Waals surface area contributed by atoms with Gasteiger partial charge in [0.2, 0.25) is 5.69 Å². The van der Waals surface area contributed by atoms with Gasteiger partial charge in [0.1, 0.15) is 11.2 Å². The summed E-state index contributed by atoms with van der Waals surface area (Å²) in [5.41, 5.74) is 7.72. The van der Waals surface area contributed by atoms with E-state index in [0.717, 1.165) is 71.2 Å². The number of furan rings is 1. The third-order valence-electron chi connectivity index (χ3n) is 8.77. The van der Waals surface area contributed by atoms with Gasteiger partial charge in [-0.25, -0.2) is 4.85 Å². The monoisotopic (exact) mass is 573 g/mol. The minimum Gasteiger partial charge on any atom is -0.455 e. The molecule has 0 saturated carbocycles. The number of hydrogen-bond acceptors (Lipinski definition) is 3. The molecule has 0 N–H and O–H groups in total. The number of benzene rings is 6. The minimum absolute atomic E-state index is 0.244. The lowest BCUT2D eigenvalue weighted by atomic mass is 10.1. The molecule has 0 amide bonds. The van der Waals surface area contributed by atoms with Crippen LogP contribution in [0.15, 0.2) is 120 Å². The van der Waals surface area contributed by atoms with E-state index >= 15 is 0 Å². The van der Waals surface area contributed by atoms with Gasteiger partial charge in [-0.1, -0.05) is 54.6 Å². The van der Waals surface area contributed by atoms with Crippen molar-refractivity contribution in [3.63, 3.8) is 0 Å². The number of hydrogen-bond donors (Lipinski definition) is 0. The molecule has 45 heavy (non-hydrogen) atoms. The Kier molecular flexibility index (Phi) is 5.00. The maximum absolute atomic E-state index is 10.1. The molecule has 0 aliphatic heterocycles. The van der Waals surface area contributed by atoms with E-state index in [0.29, 0.717) is 5.69 Å². The fourth-order valence-corrected chi connectivity index (χ4v) is 6.98. The molecule has 3 heterocycles. The van der Waals surface area contributed by atoms with Crippen molar-refractivity contribution in [2.45, 2.75) is 0 Å². The molecule has 0 atom stereocenters. The molecule has 0 aliphatic rings. The van der Waals surface area contributed by atoms with Crippen LogP contribution in [-0.4, -0.2) is 9.13 Å². The lowest BCUT2D eigenvalue weighted by Crippen LogP contribution is -1.99. The predicted molar refractivity (Wildman–Crippen MR) is 178 cm³/mol. The van der Waals surface area contributed by atoms with E-state index in [1.807, 2.05) is 53.1 Å². The lowest BCUT2D eigenvalue weighted by Gasteiger charge is -2.12. The van der Waals surface area contributed by atoms with Crippen LogP contribution in [0.4, 0.5) is 5.69 Å². The summed E-state index contributed by atoms with van der Waals surface area (Å²) in [7, 11) is 0. The quantitative estimate of drug-likeness (QED) is 0.193. The molecular weight excluding hydrogens is 554 g/mol. The first-order valence-corrected chi connectivity index (χ1v) is 14.4. The van der Waals surface area contributed by atoms with E-state index in [1.165, 1.54) is 0 Å². The van der Waals surface area contributed by atoms with Gasteiger partial charge < -0.3 is 13.6 Å². The van der Waals surface area contributed by atoms with Crippen molar-refractivity contribution in [2.75, 3.05) is 0 Å². The average molecular weight is 574 g/mol. The second-order valence-corrected chi connectivity index (χ2v) is 11.0. The number of fused-ring (bicyclic) bond motifs is 11. The summed E-state index contributed by atoms with van der Waals surface area (Å²) in [5, 5.41) is 25.7. The van der Waals surface area contributed by atoms with Crippen LogP contribution < -0.4 is 0 Å². The Bertz CT molecular complexity index is 2810. The number of nitriles is 2. The van der Waals surface area contributed by atoms with Crippen LogP contribution in [0.3, 0.4) is 0 Å². The van der Waals surface area contributed by atoms with Gasteiger partial charge in [0.15, 0.2) is 0 Å². The van der Waals surface area contributed by atoms with Crippen LogP contribution in [0.2, 0.25) is 0 Å². The Morgan fingerprint density at radius 2 is 1.16 bits per heavy atom. The van der Waals surface area contributed by atoms with Gasteiger partial charge in [0.25, 0.3) is 0 Å². The molecule has 0 radical (unpaired) electrons. The molecule has 0 unspecified atom stereocenters. The van der Waals surface area contributed by atoms with Crippen molar-refractivity contribution in [3.05, 3.63) is 138 Å². The number of rotatable bonds is 2. The zero-order chi connectivity index (χ0) is 30.2. The van der Waals surface area contributed by atoms with Gasteiger partial charge in [-0.15, -0.1) is 0 Å². The van der Waals surface area contributed by atoms with Gasteiger partial charge in [0, 0.05) is 32.8 Å². The van der Waals surface area contributed by atoms with Crippen molar-refractivity contribution in [1.82, 2.24) is 9.13 Å². The zero-order valence-electron chi connectivity index (χ0n) is 23.6. The molecule has 6 nitrogen and oxygen atoms in total. The maximum Gasteiger partial charge on any atom is 0.213 e. The first-order valence-electron chi connectivity index (χ1n) is 14.4. The topological polar surface area (TPSA) is 74.9 Å². The standard InChI is InChI=1S/C39H19N5O/c1-42-30-20-23(21-40)19-24(22-41)37(30)44-32-14-8-6-12-29(32)36-34(44)18-16-27-26-15-17-33-35(38(26)45-39(27)36)28-11-5-7-13-31(28)43(33)25-9-3-2-4-10-25/h2-20H. The van der Waals surface area contributed by atoms with Crippen molar-refractivity contribution in [1.29, 1.82) is 10.5 Å². The summed E-state index contributed by atoms with van der Waals surface area (Å²) in [6, 6.07) is 42.5. The van der Waals surface area contributed by atoms with Crippen LogP contribution in [0.5, 0.6) is 0 Å². The molecular formula is C39H19N5O. The van der Waals surface area contributed by atoms with Crippen LogP contribution in [-0.2, 0) is 0 Å². The summed E-state index contributed by atoms with van der Waals surface area (Å²) in [4.78, 5) is 3.75. The van der Waals surface area contributed by atoms with Crippen molar-refractivity contribution < 1.29 is 4.42 Å². The second kappa shape index (κ2) is 9.09. The summed E-state index contributed by atoms with van der Waals surface area (Å²) in [5.74, 6) is 0. The first kappa shape index (κ1) is 24.8. The third-order valence-corrected chi connectivity index (χ3v) is 8.77. The molecule has 0 saturated heterocycles. The molecule has 0 aliphatic carbocycles. The van der Waals surface area contributed by atoms with Gasteiger partial charge >= 0.3 is 0 Å². The zero-order valence-corrected chi connectivity index (χ0v) is 23.6. The fraction of sp³-hybridized carbons (Fsp3) is 0. The summed E-state index contributed by atoms with van der Waals surface area (Å²) >= 11 is 0. The summed E-state index contributed by atoms with van der Waals surface area (Å²) in [6.45, 7) is 7.93. The van der Waals surface area contributed by atoms with E-state index in [-0.39, 0.29) is 16.8 Å². The largest absolute Gasteiger partial charge is 0.455 e. The highest BCUT2D eigenvalue weighted by Gasteiger charge is 2.24. The highest BCUT2D eigenvalue weighted by molar-refractivity contribution is 6.29. The molecule has 3 aromatic heterocycles. The van der Waals surface area contributed by atoms with Crippen molar-refractivity contribution in [3.8, 4) is 23.5 Å². The Morgan fingerprint density at radius 1 is 0.578 bits per heavy atom. The summed E-state index contributed by atoms with van der Waals surface area (Å²) in [6.07, 6.45) is 0. The molecule has 206 valence electrons. The molecule has 0 spiro atoms. The minimum atomic E-state index is 0.244. The molecule has 6 aromatic carbocycles. The van der Waals surface area contributed by atoms with Gasteiger partial charge in [-0.2, -0.15) is 10.5 Å². The molecule has 0 bridgehead atoms. The van der Waals surface area contributed by atoms with Crippen molar-refractivity contribution in [2.24, 2.45) is 0 Å². The molecule has 9 aromatic rings. The molecule has 9 rings (SSSR count). The second-order valence-electron chi connectivity index (χ2n) is 11.0. The molecule has 0 fully saturated rings. The smallest absolute Gasteiger partial charge is 0.213 e. The van der Waals surface area contributed by atoms with Gasteiger partial charge in [-0.3, -0.25) is 0 Å². The van der Waals surface area contributed by atoms with Crippen molar-refractivity contribution >= 4 is 71.2 Å². The highest BCUT2D eigenvalue weighted by atomic mass is 16.3. The van der Waals surface area contributed by atoms with Gasteiger partial charge in [0.05, 0.1) is 62.8 Å². The Labute approximate surface area is 256 Å². The number of aromatic nitrogens is 2. The van der Waals surface area contributed by atoms with E-state index in [4.69, 9.17) is 11.0 Å². The number of nitrogens with zero attached hydrogens (tertiary/aromatic N) is 5. The van der Waals surface area contributed by atoms with Crippen LogP contribution in [0.25, 0.3) is 81.8 Å². The van der Waals surface area contributed by atoms with E-state index in [2.05, 4.69) is 76.1 Å². The summed E-state index contributed by atoms with van der Waals surface area (Å²) < 4.78 is 11.2. The Morgan fingerprint density at radius 3 is 1.76 bits per heavy atom. The lowest BCUT2D eigenvalue weighted by molar-refractivity contribution is 0.677. The Hall–Kier alpha value is -6.81. The number of para-hydroxylation sites is 3. The SMILES string of the molecule is [C-]#[N+]c1cc(C#N)cc(C#N)c1-n1c2ccccc2c2c3oc4c(ccc5c4c4ccccc4n5-c4ccccc4)c3ccc21. The van der Waals surface area contributed by atoms with E-state index in [1.54, 1.807) is 12.1 Å². The first-order chi connectivity index (χ1) is 22.2. The predicted octanol–water partition coefficient (Wildman–Crippen LogP) is 10.1. The maximum atomic E-state index is 10.1. The fourth-order valence-electron chi connectivity index (χ4n) is 6.98. The van der Waals surface area contributed by atoms with E-state index < -0.39 is 0 Å².